The summed E-state index contributed by atoms with van der Waals surface area (Å²) in [5.41, 5.74) is 0. The summed E-state index contributed by atoms with van der Waals surface area (Å²) >= 11 is 0. The summed E-state index contributed by atoms with van der Waals surface area (Å²) in [6.45, 7) is 5.12. The van der Waals surface area contributed by atoms with Crippen LogP contribution in [0.25, 0.3) is 0 Å². The Kier molecular flexibility index (Phi) is 3.53. The first-order valence-electron chi connectivity index (χ1n) is 5.03. The Labute approximate surface area is 75.6 Å². The van der Waals surface area contributed by atoms with Gasteiger partial charge in [-0.15, -0.1) is 0 Å². The number of nitrogens with zero attached hydrogens (tertiary/aromatic N) is 1. The zero-order chi connectivity index (χ0) is 9.14. The lowest BCUT2D eigenvalue weighted by Crippen LogP contribution is -2.36. The van der Waals surface area contributed by atoms with Crippen molar-refractivity contribution in [3.8, 4) is 0 Å². The second-order valence-electron chi connectivity index (χ2n) is 4.08. The summed E-state index contributed by atoms with van der Waals surface area (Å²) in [5, 5.41) is 9.44. The highest BCUT2D eigenvalue weighted by molar-refractivity contribution is 4.84. The fraction of sp³-hybridized carbons (Fsp3) is 1.00. The molecule has 2 atom stereocenters. The standard InChI is InChI=1S/C10H21NO/c1-4-10(12)7-11(3)8(2)9-5-6-9/h8-10,12H,4-7H2,1-3H3. The molecule has 2 nitrogen and oxygen atoms in total. The maximum Gasteiger partial charge on any atom is 0.0664 e. The molecular weight excluding hydrogens is 150 g/mol. The molecule has 0 amide bonds. The summed E-state index contributed by atoms with van der Waals surface area (Å²) in [6, 6.07) is 0.659. The van der Waals surface area contributed by atoms with E-state index in [1.807, 2.05) is 6.92 Å². The Balaban J connectivity index is 2.21. The van der Waals surface area contributed by atoms with E-state index in [2.05, 4.69) is 18.9 Å². The summed E-state index contributed by atoms with van der Waals surface area (Å²) in [4.78, 5) is 2.28. The molecule has 1 aliphatic carbocycles. The molecule has 0 saturated heterocycles. The lowest BCUT2D eigenvalue weighted by atomic mass is 10.1. The van der Waals surface area contributed by atoms with Crippen LogP contribution in [0.15, 0.2) is 0 Å². The van der Waals surface area contributed by atoms with Crippen LogP contribution in [0.5, 0.6) is 0 Å². The van der Waals surface area contributed by atoms with E-state index >= 15 is 0 Å². The van der Waals surface area contributed by atoms with Gasteiger partial charge < -0.3 is 10.0 Å². The Bertz CT molecular complexity index is 134. The molecule has 0 aromatic rings. The monoisotopic (exact) mass is 171 g/mol. The minimum absolute atomic E-state index is 0.142. The number of aliphatic hydroxyl groups excluding tert-OH is 1. The maximum absolute atomic E-state index is 9.44. The molecule has 0 heterocycles. The molecule has 0 aromatic heterocycles. The summed E-state index contributed by atoms with van der Waals surface area (Å²) in [5.74, 6) is 0.902. The Morgan fingerprint density at radius 2 is 2.08 bits per heavy atom. The predicted octanol–water partition coefficient (Wildman–Crippen LogP) is 1.49. The van der Waals surface area contributed by atoms with Gasteiger partial charge in [0.25, 0.3) is 0 Å². The van der Waals surface area contributed by atoms with Gasteiger partial charge in [-0.05, 0) is 39.2 Å². The van der Waals surface area contributed by atoms with Crippen LogP contribution >= 0.6 is 0 Å². The van der Waals surface area contributed by atoms with Gasteiger partial charge in [-0.2, -0.15) is 0 Å². The van der Waals surface area contributed by atoms with Gasteiger partial charge in [0.15, 0.2) is 0 Å². The minimum Gasteiger partial charge on any atom is -0.392 e. The molecule has 1 fully saturated rings. The lowest BCUT2D eigenvalue weighted by Gasteiger charge is -2.26. The zero-order valence-electron chi connectivity index (χ0n) is 8.45. The SMILES string of the molecule is CCC(O)CN(C)C(C)C1CC1. The van der Waals surface area contributed by atoms with Gasteiger partial charge in [0.2, 0.25) is 0 Å². The molecule has 2 heteroatoms. The molecule has 1 aliphatic rings. The van der Waals surface area contributed by atoms with Crippen LogP contribution in [0.3, 0.4) is 0 Å². The second kappa shape index (κ2) is 4.24. The van der Waals surface area contributed by atoms with E-state index in [1.165, 1.54) is 12.8 Å². The average Bonchev–Trinajstić information content (AvgIpc) is 2.85. The third-order valence-electron chi connectivity index (χ3n) is 2.97. The smallest absolute Gasteiger partial charge is 0.0664 e. The first kappa shape index (κ1) is 10.0. The number of hydrogen-bond donors (Lipinski definition) is 1. The van der Waals surface area contributed by atoms with E-state index in [0.29, 0.717) is 6.04 Å². The van der Waals surface area contributed by atoms with Crippen molar-refractivity contribution in [1.82, 2.24) is 4.90 Å². The van der Waals surface area contributed by atoms with Crippen molar-refractivity contribution in [3.63, 3.8) is 0 Å². The molecule has 0 aromatic carbocycles. The van der Waals surface area contributed by atoms with E-state index in [4.69, 9.17) is 0 Å². The van der Waals surface area contributed by atoms with Crippen LogP contribution in [0.4, 0.5) is 0 Å². The molecule has 0 spiro atoms. The first-order valence-corrected chi connectivity index (χ1v) is 5.03. The van der Waals surface area contributed by atoms with Gasteiger partial charge in [-0.3, -0.25) is 0 Å². The minimum atomic E-state index is -0.142. The van der Waals surface area contributed by atoms with Crippen molar-refractivity contribution in [1.29, 1.82) is 0 Å². The molecular formula is C10H21NO. The molecule has 1 saturated carbocycles. The Morgan fingerprint density at radius 3 is 2.50 bits per heavy atom. The van der Waals surface area contributed by atoms with E-state index in [1.54, 1.807) is 0 Å². The second-order valence-corrected chi connectivity index (χ2v) is 4.08. The number of likely N-dealkylation sites (N-methyl/N-ethyl adjacent to an activating group) is 1. The predicted molar refractivity (Wildman–Crippen MR) is 51.1 cm³/mol. The van der Waals surface area contributed by atoms with Gasteiger partial charge in [0, 0.05) is 12.6 Å². The van der Waals surface area contributed by atoms with Crippen LogP contribution in [-0.4, -0.2) is 35.7 Å². The first-order chi connectivity index (χ1) is 5.65. The molecule has 0 bridgehead atoms. The van der Waals surface area contributed by atoms with Crippen molar-refractivity contribution in [2.45, 2.75) is 45.3 Å². The van der Waals surface area contributed by atoms with Crippen molar-refractivity contribution in [2.24, 2.45) is 5.92 Å². The van der Waals surface area contributed by atoms with Crippen LogP contribution in [0.2, 0.25) is 0 Å². The third kappa shape index (κ3) is 2.76. The fourth-order valence-electron chi connectivity index (χ4n) is 1.57. The van der Waals surface area contributed by atoms with Crippen molar-refractivity contribution in [3.05, 3.63) is 0 Å². The topological polar surface area (TPSA) is 23.5 Å². The van der Waals surface area contributed by atoms with E-state index < -0.39 is 0 Å². The largest absolute Gasteiger partial charge is 0.392 e. The fourth-order valence-corrected chi connectivity index (χ4v) is 1.57. The Morgan fingerprint density at radius 1 is 1.50 bits per heavy atom. The van der Waals surface area contributed by atoms with Crippen molar-refractivity contribution in [2.75, 3.05) is 13.6 Å². The lowest BCUT2D eigenvalue weighted by molar-refractivity contribution is 0.0994. The van der Waals surface area contributed by atoms with Gasteiger partial charge in [0.05, 0.1) is 6.10 Å². The highest BCUT2D eigenvalue weighted by Crippen LogP contribution is 2.34. The van der Waals surface area contributed by atoms with Crippen LogP contribution < -0.4 is 0 Å². The molecule has 2 unspecified atom stereocenters. The number of rotatable bonds is 5. The van der Waals surface area contributed by atoms with Crippen LogP contribution in [0, 0.1) is 5.92 Å². The van der Waals surface area contributed by atoms with Gasteiger partial charge in [0.1, 0.15) is 0 Å². The molecule has 1 rings (SSSR count). The molecule has 72 valence electrons. The third-order valence-corrected chi connectivity index (χ3v) is 2.97. The highest BCUT2D eigenvalue weighted by Gasteiger charge is 2.30. The average molecular weight is 171 g/mol. The van der Waals surface area contributed by atoms with Crippen molar-refractivity contribution < 1.29 is 5.11 Å². The van der Waals surface area contributed by atoms with Gasteiger partial charge in [-0.1, -0.05) is 6.92 Å². The molecule has 1 N–H and O–H groups in total. The van der Waals surface area contributed by atoms with E-state index in [9.17, 15) is 5.11 Å². The van der Waals surface area contributed by atoms with Crippen LogP contribution in [0.1, 0.15) is 33.1 Å². The summed E-state index contributed by atoms with van der Waals surface area (Å²) in [7, 11) is 2.11. The van der Waals surface area contributed by atoms with E-state index in [-0.39, 0.29) is 6.10 Å². The highest BCUT2D eigenvalue weighted by atomic mass is 16.3. The zero-order valence-corrected chi connectivity index (χ0v) is 8.45. The van der Waals surface area contributed by atoms with E-state index in [0.717, 1.165) is 18.9 Å². The van der Waals surface area contributed by atoms with Gasteiger partial charge in [-0.25, -0.2) is 0 Å². The number of aliphatic hydroxyl groups is 1. The molecule has 12 heavy (non-hydrogen) atoms. The Hall–Kier alpha value is -0.0800. The van der Waals surface area contributed by atoms with Crippen molar-refractivity contribution >= 4 is 0 Å². The van der Waals surface area contributed by atoms with Gasteiger partial charge >= 0.3 is 0 Å². The maximum atomic E-state index is 9.44. The summed E-state index contributed by atoms with van der Waals surface area (Å²) < 4.78 is 0. The quantitative estimate of drug-likeness (QED) is 0.677. The normalized spacial score (nSPS) is 22.8. The number of hydrogen-bond acceptors (Lipinski definition) is 2. The molecule has 0 aliphatic heterocycles. The van der Waals surface area contributed by atoms with Crippen LogP contribution in [-0.2, 0) is 0 Å². The molecule has 0 radical (unpaired) electrons. The summed E-state index contributed by atoms with van der Waals surface area (Å²) in [6.07, 6.45) is 3.49.